The molecule has 0 saturated carbocycles. The lowest BCUT2D eigenvalue weighted by atomic mass is 9.96. The fraction of sp³-hybridized carbons (Fsp3) is 0.429. The van der Waals surface area contributed by atoms with Gasteiger partial charge < -0.3 is 10.2 Å². The summed E-state index contributed by atoms with van der Waals surface area (Å²) in [5.41, 5.74) is -0.411. The molecule has 1 heterocycles. The zero-order chi connectivity index (χ0) is 14.7. The average molecular weight is 282 g/mol. The maximum Gasteiger partial charge on any atom is 0.227 e. The van der Waals surface area contributed by atoms with E-state index in [1.807, 2.05) is 0 Å². The number of amides is 2. The van der Waals surface area contributed by atoms with Crippen molar-refractivity contribution in [3.05, 3.63) is 29.8 Å². The highest BCUT2D eigenvalue weighted by Crippen LogP contribution is 2.22. The summed E-state index contributed by atoms with van der Waals surface area (Å²) in [5.74, 6) is -2.34. The molecular weight excluding hydrogens is 266 g/mol. The zero-order valence-electron chi connectivity index (χ0n) is 11.2. The summed E-state index contributed by atoms with van der Waals surface area (Å²) in [6.07, 6.45) is 1.00. The van der Waals surface area contributed by atoms with Gasteiger partial charge in [0.05, 0.1) is 0 Å². The number of para-hydroxylation sites is 1. The van der Waals surface area contributed by atoms with Crippen LogP contribution in [0.25, 0.3) is 0 Å². The van der Waals surface area contributed by atoms with Crippen LogP contribution < -0.4 is 5.32 Å². The molecule has 0 aromatic heterocycles. The van der Waals surface area contributed by atoms with Gasteiger partial charge in [-0.25, -0.2) is 8.78 Å². The Labute approximate surface area is 115 Å². The monoisotopic (exact) mass is 282 g/mol. The van der Waals surface area contributed by atoms with E-state index in [1.54, 1.807) is 4.90 Å². The minimum absolute atomic E-state index is 0.0241. The van der Waals surface area contributed by atoms with E-state index < -0.39 is 23.2 Å². The molecule has 0 aliphatic carbocycles. The predicted octanol–water partition coefficient (Wildman–Crippen LogP) is 2.16. The van der Waals surface area contributed by atoms with Crippen molar-refractivity contribution in [1.29, 1.82) is 0 Å². The Morgan fingerprint density at radius 3 is 2.25 bits per heavy atom. The van der Waals surface area contributed by atoms with Crippen LogP contribution in [0.2, 0.25) is 0 Å². The van der Waals surface area contributed by atoms with Crippen LogP contribution in [-0.2, 0) is 9.59 Å². The van der Waals surface area contributed by atoms with Crippen LogP contribution in [0.4, 0.5) is 14.5 Å². The first kappa shape index (κ1) is 14.4. The summed E-state index contributed by atoms with van der Waals surface area (Å²) in [6.45, 7) is 2.47. The quantitative estimate of drug-likeness (QED) is 0.903. The van der Waals surface area contributed by atoms with E-state index in [0.717, 1.165) is 12.1 Å². The van der Waals surface area contributed by atoms with Crippen LogP contribution >= 0.6 is 0 Å². The Balaban J connectivity index is 1.98. The molecule has 1 aliphatic heterocycles. The van der Waals surface area contributed by atoms with E-state index in [1.165, 1.54) is 13.0 Å². The molecule has 0 unspecified atom stereocenters. The molecule has 2 rings (SSSR count). The SMILES string of the molecule is CC(=O)N1CCC(C(=O)Nc2c(F)cccc2F)CC1. The predicted molar refractivity (Wildman–Crippen MR) is 70.0 cm³/mol. The largest absolute Gasteiger partial charge is 0.343 e. The average Bonchev–Trinajstić information content (AvgIpc) is 2.43. The first-order valence-corrected chi connectivity index (χ1v) is 6.49. The molecule has 0 bridgehead atoms. The highest BCUT2D eigenvalue weighted by Gasteiger charge is 2.27. The Bertz CT molecular complexity index is 506. The Morgan fingerprint density at radius 2 is 1.75 bits per heavy atom. The summed E-state index contributed by atoms with van der Waals surface area (Å²) in [7, 11) is 0. The van der Waals surface area contributed by atoms with Gasteiger partial charge in [0.2, 0.25) is 11.8 Å². The number of anilines is 1. The standard InChI is InChI=1S/C14H16F2N2O2/c1-9(19)18-7-5-10(6-8-18)14(20)17-13-11(15)3-2-4-12(13)16/h2-4,10H,5-8H2,1H3,(H,17,20). The summed E-state index contributed by atoms with van der Waals surface area (Å²) in [6, 6.07) is 3.43. The molecule has 1 aliphatic rings. The van der Waals surface area contributed by atoms with Crippen molar-refractivity contribution in [3.8, 4) is 0 Å². The van der Waals surface area contributed by atoms with Gasteiger partial charge in [0, 0.05) is 25.9 Å². The van der Waals surface area contributed by atoms with Gasteiger partial charge in [-0.1, -0.05) is 6.07 Å². The first-order valence-electron chi connectivity index (χ1n) is 6.49. The number of nitrogens with one attached hydrogen (secondary N) is 1. The molecule has 0 atom stereocenters. The number of nitrogens with zero attached hydrogens (tertiary/aromatic N) is 1. The Hall–Kier alpha value is -1.98. The van der Waals surface area contributed by atoms with E-state index in [-0.39, 0.29) is 11.8 Å². The van der Waals surface area contributed by atoms with Crippen molar-refractivity contribution < 1.29 is 18.4 Å². The van der Waals surface area contributed by atoms with Crippen molar-refractivity contribution in [2.75, 3.05) is 18.4 Å². The summed E-state index contributed by atoms with van der Waals surface area (Å²) >= 11 is 0. The number of rotatable bonds is 2. The van der Waals surface area contributed by atoms with E-state index in [2.05, 4.69) is 5.32 Å². The minimum Gasteiger partial charge on any atom is -0.343 e. The second-order valence-electron chi connectivity index (χ2n) is 4.87. The normalized spacial score (nSPS) is 16.1. The lowest BCUT2D eigenvalue weighted by Crippen LogP contribution is -2.40. The molecule has 20 heavy (non-hydrogen) atoms. The van der Waals surface area contributed by atoms with Gasteiger partial charge in [0.25, 0.3) is 0 Å². The van der Waals surface area contributed by atoms with E-state index in [4.69, 9.17) is 0 Å². The van der Waals surface area contributed by atoms with Crippen LogP contribution in [0.1, 0.15) is 19.8 Å². The van der Waals surface area contributed by atoms with Crippen molar-refractivity contribution >= 4 is 17.5 Å². The van der Waals surface area contributed by atoms with Crippen molar-refractivity contribution in [2.45, 2.75) is 19.8 Å². The fourth-order valence-corrected chi connectivity index (χ4v) is 2.30. The molecule has 0 spiro atoms. The molecule has 1 fully saturated rings. The molecular formula is C14H16F2N2O2. The van der Waals surface area contributed by atoms with Crippen LogP contribution in [0.5, 0.6) is 0 Å². The molecule has 4 nitrogen and oxygen atoms in total. The van der Waals surface area contributed by atoms with Gasteiger partial charge in [-0.15, -0.1) is 0 Å². The maximum absolute atomic E-state index is 13.4. The number of carbonyl (C=O) groups excluding carboxylic acids is 2. The first-order chi connectivity index (χ1) is 9.49. The second-order valence-corrected chi connectivity index (χ2v) is 4.87. The minimum atomic E-state index is -0.792. The Morgan fingerprint density at radius 1 is 1.20 bits per heavy atom. The number of hydrogen-bond donors (Lipinski definition) is 1. The molecule has 2 amide bonds. The number of piperidine rings is 1. The Kier molecular flexibility index (Phi) is 4.32. The highest BCUT2D eigenvalue weighted by molar-refractivity contribution is 5.93. The van der Waals surface area contributed by atoms with Crippen LogP contribution in [0.3, 0.4) is 0 Å². The topological polar surface area (TPSA) is 49.4 Å². The summed E-state index contributed by atoms with van der Waals surface area (Å²) in [4.78, 5) is 24.8. The molecule has 1 aromatic carbocycles. The second kappa shape index (κ2) is 5.98. The third-order valence-corrected chi connectivity index (χ3v) is 3.52. The molecule has 0 radical (unpaired) electrons. The molecule has 108 valence electrons. The lowest BCUT2D eigenvalue weighted by molar-refractivity contribution is -0.132. The smallest absolute Gasteiger partial charge is 0.227 e. The van der Waals surface area contributed by atoms with Gasteiger partial charge in [-0.05, 0) is 25.0 Å². The van der Waals surface area contributed by atoms with Crippen molar-refractivity contribution in [1.82, 2.24) is 4.90 Å². The van der Waals surface area contributed by atoms with Crippen LogP contribution in [0.15, 0.2) is 18.2 Å². The van der Waals surface area contributed by atoms with E-state index >= 15 is 0 Å². The molecule has 6 heteroatoms. The van der Waals surface area contributed by atoms with Crippen molar-refractivity contribution in [2.24, 2.45) is 5.92 Å². The van der Waals surface area contributed by atoms with E-state index in [9.17, 15) is 18.4 Å². The highest BCUT2D eigenvalue weighted by atomic mass is 19.1. The van der Waals surface area contributed by atoms with Gasteiger partial charge in [0.15, 0.2) is 0 Å². The number of halogens is 2. The van der Waals surface area contributed by atoms with Crippen molar-refractivity contribution in [3.63, 3.8) is 0 Å². The number of hydrogen-bond acceptors (Lipinski definition) is 2. The van der Waals surface area contributed by atoms with Crippen LogP contribution in [-0.4, -0.2) is 29.8 Å². The van der Waals surface area contributed by atoms with Gasteiger partial charge >= 0.3 is 0 Å². The summed E-state index contributed by atoms with van der Waals surface area (Å²) < 4.78 is 26.9. The third-order valence-electron chi connectivity index (χ3n) is 3.52. The fourth-order valence-electron chi connectivity index (χ4n) is 2.30. The zero-order valence-corrected chi connectivity index (χ0v) is 11.2. The number of likely N-dealkylation sites (tertiary alicyclic amines) is 1. The van der Waals surface area contributed by atoms with Gasteiger partial charge in [0.1, 0.15) is 17.3 Å². The lowest BCUT2D eigenvalue weighted by Gasteiger charge is -2.30. The van der Waals surface area contributed by atoms with Gasteiger partial charge in [-0.2, -0.15) is 0 Å². The third kappa shape index (κ3) is 3.12. The van der Waals surface area contributed by atoms with Gasteiger partial charge in [-0.3, -0.25) is 9.59 Å². The molecule has 1 saturated heterocycles. The maximum atomic E-state index is 13.4. The molecule has 1 N–H and O–H groups in total. The van der Waals surface area contributed by atoms with E-state index in [0.29, 0.717) is 25.9 Å². The van der Waals surface area contributed by atoms with Crippen LogP contribution in [0, 0.1) is 17.6 Å². The number of benzene rings is 1. The summed E-state index contributed by atoms with van der Waals surface area (Å²) in [5, 5.41) is 2.30. The molecule has 1 aromatic rings. The number of carbonyl (C=O) groups is 2.